The highest BCUT2D eigenvalue weighted by Gasteiger charge is 2.33. The van der Waals surface area contributed by atoms with Crippen molar-refractivity contribution in [3.63, 3.8) is 0 Å². The largest absolute Gasteiger partial charge is 0.355 e. The van der Waals surface area contributed by atoms with Gasteiger partial charge in [0.2, 0.25) is 5.91 Å². The summed E-state index contributed by atoms with van der Waals surface area (Å²) in [5.74, 6) is 1.70. The van der Waals surface area contributed by atoms with E-state index in [1.165, 1.54) is 6.33 Å². The third-order valence-electron chi connectivity index (χ3n) is 3.38. The topological polar surface area (TPSA) is 75.9 Å². The Morgan fingerprint density at radius 3 is 2.76 bits per heavy atom. The summed E-state index contributed by atoms with van der Waals surface area (Å²) in [5.41, 5.74) is 0. The molecule has 0 saturated carbocycles. The van der Waals surface area contributed by atoms with Crippen molar-refractivity contribution in [2.45, 2.75) is 19.9 Å². The lowest BCUT2D eigenvalue weighted by Crippen LogP contribution is -2.55. The number of rotatable bonds is 4. The van der Waals surface area contributed by atoms with Crippen molar-refractivity contribution < 1.29 is 4.79 Å². The number of nitrogens with one attached hydrogen (secondary N) is 1. The molecule has 3 heterocycles. The highest BCUT2D eigenvalue weighted by Crippen LogP contribution is 2.23. The number of amides is 1. The van der Waals surface area contributed by atoms with E-state index in [-0.39, 0.29) is 17.9 Å². The van der Waals surface area contributed by atoms with Crippen LogP contribution in [0.15, 0.2) is 30.9 Å². The fourth-order valence-corrected chi connectivity index (χ4v) is 2.27. The van der Waals surface area contributed by atoms with E-state index in [0.29, 0.717) is 13.1 Å². The zero-order chi connectivity index (χ0) is 14.8. The average Bonchev–Trinajstić information content (AvgIpc) is 2.90. The van der Waals surface area contributed by atoms with Crippen LogP contribution in [0.1, 0.15) is 13.8 Å². The summed E-state index contributed by atoms with van der Waals surface area (Å²) in [6.45, 7) is 5.31. The SMILES string of the molecule is CC(C)NC(=O)C1CN(c2cc(-n3cccn3)ncn2)C1. The van der Waals surface area contributed by atoms with Crippen molar-refractivity contribution in [3.05, 3.63) is 30.9 Å². The van der Waals surface area contributed by atoms with Crippen LogP contribution in [-0.2, 0) is 4.79 Å². The van der Waals surface area contributed by atoms with Crippen LogP contribution in [0.4, 0.5) is 5.82 Å². The average molecular weight is 286 g/mol. The number of nitrogens with zero attached hydrogens (tertiary/aromatic N) is 5. The van der Waals surface area contributed by atoms with E-state index < -0.39 is 0 Å². The molecule has 1 amide bonds. The van der Waals surface area contributed by atoms with Gasteiger partial charge in [-0.3, -0.25) is 4.79 Å². The molecule has 2 aromatic heterocycles. The van der Waals surface area contributed by atoms with Crippen LogP contribution in [0, 0.1) is 5.92 Å². The van der Waals surface area contributed by atoms with Gasteiger partial charge in [0, 0.05) is 37.6 Å². The second kappa shape index (κ2) is 5.51. The lowest BCUT2D eigenvalue weighted by atomic mass is 9.99. The van der Waals surface area contributed by atoms with Crippen molar-refractivity contribution in [1.82, 2.24) is 25.1 Å². The Kier molecular flexibility index (Phi) is 3.55. The molecule has 110 valence electrons. The fourth-order valence-electron chi connectivity index (χ4n) is 2.27. The summed E-state index contributed by atoms with van der Waals surface area (Å²) >= 11 is 0. The van der Waals surface area contributed by atoms with E-state index in [9.17, 15) is 4.79 Å². The molecule has 1 aliphatic heterocycles. The van der Waals surface area contributed by atoms with Crippen LogP contribution < -0.4 is 10.2 Å². The van der Waals surface area contributed by atoms with Gasteiger partial charge in [-0.25, -0.2) is 14.6 Å². The first-order valence-electron chi connectivity index (χ1n) is 7.01. The fraction of sp³-hybridized carbons (Fsp3) is 0.429. The van der Waals surface area contributed by atoms with Crippen LogP contribution in [0.25, 0.3) is 5.82 Å². The molecule has 0 bridgehead atoms. The number of carbonyl (C=O) groups excluding carboxylic acids is 1. The minimum atomic E-state index is 0.0375. The summed E-state index contributed by atoms with van der Waals surface area (Å²) < 4.78 is 1.69. The molecule has 21 heavy (non-hydrogen) atoms. The number of anilines is 1. The minimum absolute atomic E-state index is 0.0375. The van der Waals surface area contributed by atoms with Gasteiger partial charge in [0.25, 0.3) is 0 Å². The van der Waals surface area contributed by atoms with E-state index in [1.54, 1.807) is 10.9 Å². The number of hydrogen-bond acceptors (Lipinski definition) is 5. The Morgan fingerprint density at radius 1 is 1.33 bits per heavy atom. The molecule has 0 aromatic carbocycles. The van der Waals surface area contributed by atoms with E-state index in [4.69, 9.17) is 0 Å². The highest BCUT2D eigenvalue weighted by atomic mass is 16.2. The molecule has 2 aromatic rings. The zero-order valence-electron chi connectivity index (χ0n) is 12.1. The third kappa shape index (κ3) is 2.86. The highest BCUT2D eigenvalue weighted by molar-refractivity contribution is 5.82. The molecule has 0 atom stereocenters. The molecule has 0 aliphatic carbocycles. The standard InChI is InChI=1S/C14H18N6O/c1-10(2)18-14(21)11-7-19(8-11)12-6-13(16-9-15-12)20-5-3-4-17-20/h3-6,9-11H,7-8H2,1-2H3,(H,18,21). The summed E-state index contributed by atoms with van der Waals surface area (Å²) in [6.07, 6.45) is 5.06. The van der Waals surface area contributed by atoms with E-state index >= 15 is 0 Å². The maximum absolute atomic E-state index is 11.9. The lowest BCUT2D eigenvalue weighted by Gasteiger charge is -2.39. The maximum atomic E-state index is 11.9. The summed E-state index contributed by atoms with van der Waals surface area (Å²) in [5, 5.41) is 7.09. The molecule has 1 fully saturated rings. The van der Waals surface area contributed by atoms with Crippen molar-refractivity contribution >= 4 is 11.7 Å². The minimum Gasteiger partial charge on any atom is -0.355 e. The lowest BCUT2D eigenvalue weighted by molar-refractivity contribution is -0.126. The number of aromatic nitrogens is 4. The third-order valence-corrected chi connectivity index (χ3v) is 3.38. The molecule has 0 radical (unpaired) electrons. The zero-order valence-corrected chi connectivity index (χ0v) is 12.1. The van der Waals surface area contributed by atoms with Gasteiger partial charge < -0.3 is 10.2 Å². The van der Waals surface area contributed by atoms with Crippen LogP contribution in [0.2, 0.25) is 0 Å². The summed E-state index contributed by atoms with van der Waals surface area (Å²) in [4.78, 5) is 22.4. The molecule has 7 nitrogen and oxygen atoms in total. The summed E-state index contributed by atoms with van der Waals surface area (Å²) in [6, 6.07) is 3.90. The molecular formula is C14H18N6O. The maximum Gasteiger partial charge on any atom is 0.226 e. The summed E-state index contributed by atoms with van der Waals surface area (Å²) in [7, 11) is 0. The molecule has 3 rings (SSSR count). The van der Waals surface area contributed by atoms with E-state index in [2.05, 4.69) is 25.3 Å². The quantitative estimate of drug-likeness (QED) is 0.892. The van der Waals surface area contributed by atoms with Crippen LogP contribution in [0.5, 0.6) is 0 Å². The van der Waals surface area contributed by atoms with Crippen molar-refractivity contribution in [1.29, 1.82) is 0 Å². The molecule has 1 saturated heterocycles. The molecule has 1 N–H and O–H groups in total. The van der Waals surface area contributed by atoms with Gasteiger partial charge >= 0.3 is 0 Å². The van der Waals surface area contributed by atoms with Gasteiger partial charge in [-0.2, -0.15) is 5.10 Å². The van der Waals surface area contributed by atoms with Gasteiger partial charge in [0.05, 0.1) is 5.92 Å². The van der Waals surface area contributed by atoms with Gasteiger partial charge in [-0.1, -0.05) is 0 Å². The van der Waals surface area contributed by atoms with Gasteiger partial charge in [0.1, 0.15) is 12.1 Å². The Balaban J connectivity index is 1.65. The van der Waals surface area contributed by atoms with Gasteiger partial charge in [-0.05, 0) is 19.9 Å². The van der Waals surface area contributed by atoms with Crippen LogP contribution in [-0.4, -0.2) is 44.8 Å². The Bertz CT molecular complexity index is 618. The second-order valence-corrected chi connectivity index (χ2v) is 5.45. The Morgan fingerprint density at radius 2 is 2.10 bits per heavy atom. The molecule has 0 unspecified atom stereocenters. The van der Waals surface area contributed by atoms with E-state index in [0.717, 1.165) is 11.6 Å². The smallest absolute Gasteiger partial charge is 0.226 e. The number of carbonyl (C=O) groups is 1. The Labute approximate surface area is 123 Å². The normalized spacial score (nSPS) is 15.1. The van der Waals surface area contributed by atoms with E-state index in [1.807, 2.05) is 32.2 Å². The first kappa shape index (κ1) is 13.5. The van der Waals surface area contributed by atoms with Crippen molar-refractivity contribution in [2.75, 3.05) is 18.0 Å². The number of hydrogen-bond donors (Lipinski definition) is 1. The first-order valence-corrected chi connectivity index (χ1v) is 7.01. The second-order valence-electron chi connectivity index (χ2n) is 5.45. The van der Waals surface area contributed by atoms with Gasteiger partial charge in [0.15, 0.2) is 5.82 Å². The van der Waals surface area contributed by atoms with Crippen LogP contribution >= 0.6 is 0 Å². The monoisotopic (exact) mass is 286 g/mol. The van der Waals surface area contributed by atoms with Gasteiger partial charge in [-0.15, -0.1) is 0 Å². The van der Waals surface area contributed by atoms with Crippen molar-refractivity contribution in [3.8, 4) is 5.82 Å². The molecule has 0 spiro atoms. The van der Waals surface area contributed by atoms with Crippen LogP contribution in [0.3, 0.4) is 0 Å². The first-order chi connectivity index (χ1) is 10.1. The Hall–Kier alpha value is -2.44. The molecule has 7 heteroatoms. The van der Waals surface area contributed by atoms with Crippen molar-refractivity contribution in [2.24, 2.45) is 5.92 Å². The molecular weight excluding hydrogens is 268 g/mol. The predicted octanol–water partition coefficient (Wildman–Crippen LogP) is 0.623. The predicted molar refractivity (Wildman–Crippen MR) is 78.1 cm³/mol. The molecule has 1 aliphatic rings.